The Morgan fingerprint density at radius 3 is 3.08 bits per heavy atom. The molecule has 0 aromatic carbocycles. The highest BCUT2D eigenvalue weighted by Gasteiger charge is 2.22. The largest absolute Gasteiger partial charge is 0.395 e. The van der Waals surface area contributed by atoms with Gasteiger partial charge in [-0.2, -0.15) is 0 Å². The normalized spacial score (nSPS) is 28.8. The second kappa shape index (κ2) is 4.77. The van der Waals surface area contributed by atoms with Crippen LogP contribution in [0.15, 0.2) is 0 Å². The zero-order valence-electron chi connectivity index (χ0n) is 7.57. The molecule has 1 heterocycles. The van der Waals surface area contributed by atoms with Crippen LogP contribution in [-0.4, -0.2) is 55.0 Å². The van der Waals surface area contributed by atoms with Gasteiger partial charge in [-0.3, -0.25) is 4.90 Å². The van der Waals surface area contributed by atoms with Crippen LogP contribution in [0.5, 0.6) is 0 Å². The summed E-state index contributed by atoms with van der Waals surface area (Å²) in [7, 11) is 0. The van der Waals surface area contributed by atoms with E-state index < -0.39 is 0 Å². The number of morpholine rings is 1. The number of ether oxygens (including phenoxy) is 1. The van der Waals surface area contributed by atoms with Crippen molar-refractivity contribution in [2.75, 3.05) is 32.8 Å². The minimum absolute atomic E-state index is 0.0755. The molecule has 0 radical (unpaired) electrons. The predicted molar refractivity (Wildman–Crippen MR) is 46.9 cm³/mol. The van der Waals surface area contributed by atoms with E-state index in [4.69, 9.17) is 15.6 Å². The SMILES string of the molecule is CC(N)C1CN(CCO)CCO1. The van der Waals surface area contributed by atoms with E-state index in [0.29, 0.717) is 0 Å². The van der Waals surface area contributed by atoms with Gasteiger partial charge in [0.05, 0.1) is 19.3 Å². The van der Waals surface area contributed by atoms with Gasteiger partial charge in [0.1, 0.15) is 0 Å². The molecular weight excluding hydrogens is 156 g/mol. The Kier molecular flexibility index (Phi) is 3.94. The summed E-state index contributed by atoms with van der Waals surface area (Å²) in [6.45, 7) is 5.37. The van der Waals surface area contributed by atoms with Crippen LogP contribution in [0, 0.1) is 0 Å². The molecule has 1 saturated heterocycles. The lowest BCUT2D eigenvalue weighted by Gasteiger charge is -2.34. The Labute approximate surface area is 73.3 Å². The molecule has 0 bridgehead atoms. The van der Waals surface area contributed by atoms with Crippen LogP contribution in [0.3, 0.4) is 0 Å². The molecule has 72 valence electrons. The van der Waals surface area contributed by atoms with Gasteiger partial charge in [0.25, 0.3) is 0 Å². The number of aliphatic hydroxyl groups is 1. The zero-order valence-corrected chi connectivity index (χ0v) is 7.57. The summed E-state index contributed by atoms with van der Waals surface area (Å²) in [5.41, 5.74) is 5.71. The summed E-state index contributed by atoms with van der Waals surface area (Å²) in [5, 5.41) is 8.73. The average Bonchev–Trinajstić information content (AvgIpc) is 2.05. The molecule has 0 spiro atoms. The quantitative estimate of drug-likeness (QED) is 0.578. The lowest BCUT2D eigenvalue weighted by atomic mass is 10.1. The highest BCUT2D eigenvalue weighted by molar-refractivity contribution is 4.77. The van der Waals surface area contributed by atoms with Crippen molar-refractivity contribution < 1.29 is 9.84 Å². The average molecular weight is 174 g/mol. The Morgan fingerprint density at radius 1 is 1.75 bits per heavy atom. The van der Waals surface area contributed by atoms with Crippen molar-refractivity contribution in [2.45, 2.75) is 19.1 Å². The fourth-order valence-electron chi connectivity index (χ4n) is 1.39. The number of nitrogens with zero attached hydrogens (tertiary/aromatic N) is 1. The van der Waals surface area contributed by atoms with Crippen molar-refractivity contribution in [2.24, 2.45) is 5.73 Å². The van der Waals surface area contributed by atoms with E-state index in [9.17, 15) is 0 Å². The summed E-state index contributed by atoms with van der Waals surface area (Å²) in [6.07, 6.45) is 0.130. The molecule has 4 heteroatoms. The lowest BCUT2D eigenvalue weighted by Crippen LogP contribution is -2.50. The van der Waals surface area contributed by atoms with Crippen LogP contribution in [-0.2, 0) is 4.74 Å². The first-order valence-corrected chi connectivity index (χ1v) is 4.44. The smallest absolute Gasteiger partial charge is 0.0850 e. The van der Waals surface area contributed by atoms with Crippen molar-refractivity contribution in [3.05, 3.63) is 0 Å². The van der Waals surface area contributed by atoms with E-state index in [-0.39, 0.29) is 18.8 Å². The summed E-state index contributed by atoms with van der Waals surface area (Å²) in [5.74, 6) is 0. The first kappa shape index (κ1) is 9.92. The third-order valence-corrected chi connectivity index (χ3v) is 2.18. The van der Waals surface area contributed by atoms with Crippen molar-refractivity contribution in [1.82, 2.24) is 4.90 Å². The number of rotatable bonds is 3. The van der Waals surface area contributed by atoms with Gasteiger partial charge in [-0.15, -0.1) is 0 Å². The molecule has 1 rings (SSSR count). The first-order valence-electron chi connectivity index (χ1n) is 4.44. The Morgan fingerprint density at radius 2 is 2.50 bits per heavy atom. The van der Waals surface area contributed by atoms with Gasteiger partial charge in [0, 0.05) is 25.7 Å². The maximum Gasteiger partial charge on any atom is 0.0850 e. The molecule has 0 aliphatic carbocycles. The van der Waals surface area contributed by atoms with Crippen LogP contribution < -0.4 is 5.73 Å². The van der Waals surface area contributed by atoms with E-state index in [1.165, 1.54) is 0 Å². The molecular formula is C8H18N2O2. The van der Waals surface area contributed by atoms with Gasteiger partial charge in [0.2, 0.25) is 0 Å². The van der Waals surface area contributed by atoms with Gasteiger partial charge in [-0.25, -0.2) is 0 Å². The van der Waals surface area contributed by atoms with E-state index in [2.05, 4.69) is 4.90 Å². The van der Waals surface area contributed by atoms with E-state index in [1.54, 1.807) is 0 Å². The van der Waals surface area contributed by atoms with Crippen molar-refractivity contribution >= 4 is 0 Å². The Hall–Kier alpha value is -0.160. The topological polar surface area (TPSA) is 58.7 Å². The van der Waals surface area contributed by atoms with Gasteiger partial charge in [-0.05, 0) is 6.92 Å². The summed E-state index contributed by atoms with van der Waals surface area (Å²) >= 11 is 0. The van der Waals surface area contributed by atoms with E-state index in [1.807, 2.05) is 6.92 Å². The summed E-state index contributed by atoms with van der Waals surface area (Å²) in [4.78, 5) is 2.18. The van der Waals surface area contributed by atoms with Crippen molar-refractivity contribution in [1.29, 1.82) is 0 Å². The number of hydrogen-bond acceptors (Lipinski definition) is 4. The molecule has 3 N–H and O–H groups in total. The molecule has 1 aliphatic heterocycles. The minimum Gasteiger partial charge on any atom is -0.395 e. The van der Waals surface area contributed by atoms with E-state index in [0.717, 1.165) is 26.2 Å². The van der Waals surface area contributed by atoms with E-state index >= 15 is 0 Å². The fourth-order valence-corrected chi connectivity index (χ4v) is 1.39. The second-order valence-corrected chi connectivity index (χ2v) is 3.29. The van der Waals surface area contributed by atoms with Crippen LogP contribution >= 0.6 is 0 Å². The molecule has 4 nitrogen and oxygen atoms in total. The van der Waals surface area contributed by atoms with Crippen LogP contribution in [0.1, 0.15) is 6.92 Å². The Balaban J connectivity index is 2.30. The third-order valence-electron chi connectivity index (χ3n) is 2.18. The molecule has 1 fully saturated rings. The standard InChI is InChI=1S/C8H18N2O2/c1-7(9)8-6-10(2-4-11)3-5-12-8/h7-8,11H,2-6,9H2,1H3. The second-order valence-electron chi connectivity index (χ2n) is 3.29. The molecule has 1 aliphatic rings. The van der Waals surface area contributed by atoms with Crippen LogP contribution in [0.4, 0.5) is 0 Å². The van der Waals surface area contributed by atoms with Crippen LogP contribution in [0.2, 0.25) is 0 Å². The van der Waals surface area contributed by atoms with Crippen LogP contribution in [0.25, 0.3) is 0 Å². The highest BCUT2D eigenvalue weighted by atomic mass is 16.5. The minimum atomic E-state index is 0.0755. The van der Waals surface area contributed by atoms with Crippen molar-refractivity contribution in [3.63, 3.8) is 0 Å². The maximum atomic E-state index is 8.73. The van der Waals surface area contributed by atoms with Gasteiger partial charge < -0.3 is 15.6 Å². The zero-order chi connectivity index (χ0) is 8.97. The monoisotopic (exact) mass is 174 g/mol. The van der Waals surface area contributed by atoms with Crippen molar-refractivity contribution in [3.8, 4) is 0 Å². The molecule has 0 amide bonds. The number of hydrogen-bond donors (Lipinski definition) is 2. The Bertz CT molecular complexity index is 128. The highest BCUT2D eigenvalue weighted by Crippen LogP contribution is 2.06. The summed E-state index contributed by atoms with van der Waals surface area (Å²) in [6, 6.07) is 0.0755. The maximum absolute atomic E-state index is 8.73. The molecule has 2 unspecified atom stereocenters. The molecule has 0 saturated carbocycles. The molecule has 2 atom stereocenters. The van der Waals surface area contributed by atoms with Gasteiger partial charge in [-0.1, -0.05) is 0 Å². The molecule has 0 aromatic rings. The number of aliphatic hydroxyl groups excluding tert-OH is 1. The lowest BCUT2D eigenvalue weighted by molar-refractivity contribution is -0.0410. The first-order chi connectivity index (χ1) is 5.74. The number of nitrogens with two attached hydrogens (primary N) is 1. The van der Waals surface area contributed by atoms with Gasteiger partial charge in [0.15, 0.2) is 0 Å². The van der Waals surface area contributed by atoms with Gasteiger partial charge >= 0.3 is 0 Å². The molecule has 0 aromatic heterocycles. The molecule has 12 heavy (non-hydrogen) atoms. The summed E-state index contributed by atoms with van der Waals surface area (Å²) < 4.78 is 5.47. The fraction of sp³-hybridized carbons (Fsp3) is 1.00. The third kappa shape index (κ3) is 2.71. The predicted octanol–water partition coefficient (Wildman–Crippen LogP) is -0.973. The number of β-amino-alcohol motifs (C(OH)–C–C–N with tert-alkyl or cyclic N) is 1.